The van der Waals surface area contributed by atoms with Crippen molar-refractivity contribution in [3.8, 4) is 0 Å². The Labute approximate surface area is 109 Å². The molecule has 0 unspecified atom stereocenters. The van der Waals surface area contributed by atoms with Crippen molar-refractivity contribution in [1.29, 1.82) is 0 Å². The predicted molar refractivity (Wildman–Crippen MR) is 75.5 cm³/mol. The predicted octanol–water partition coefficient (Wildman–Crippen LogP) is 3.00. The van der Waals surface area contributed by atoms with E-state index >= 15 is 0 Å². The number of likely N-dealkylation sites (N-methyl/N-ethyl adjacent to an activating group) is 1. The summed E-state index contributed by atoms with van der Waals surface area (Å²) in [5, 5.41) is 9.83. The first kappa shape index (κ1) is 14.6. The van der Waals surface area contributed by atoms with Crippen LogP contribution in [0.1, 0.15) is 26.3 Å². The summed E-state index contributed by atoms with van der Waals surface area (Å²) in [6.07, 6.45) is 2.08. The number of nitrogens with zero attached hydrogens (tertiary/aromatic N) is 1. The summed E-state index contributed by atoms with van der Waals surface area (Å²) < 4.78 is 0. The average molecular weight is 253 g/mol. The average Bonchev–Trinajstić information content (AvgIpc) is 2.27. The Morgan fingerprint density at radius 3 is 2.24 bits per heavy atom. The topological polar surface area (TPSA) is 23.5 Å². The van der Waals surface area contributed by atoms with Crippen molar-refractivity contribution in [2.45, 2.75) is 37.8 Å². The summed E-state index contributed by atoms with van der Waals surface area (Å²) in [5.74, 6) is 0. The van der Waals surface area contributed by atoms with E-state index in [4.69, 9.17) is 0 Å². The number of benzene rings is 1. The highest BCUT2D eigenvalue weighted by Crippen LogP contribution is 2.16. The first-order chi connectivity index (χ1) is 7.94. The summed E-state index contributed by atoms with van der Waals surface area (Å²) in [7, 11) is 0. The zero-order chi connectivity index (χ0) is 12.9. The molecule has 0 saturated carbocycles. The third-order valence-electron chi connectivity index (χ3n) is 2.62. The highest BCUT2D eigenvalue weighted by atomic mass is 32.2. The van der Waals surface area contributed by atoms with Gasteiger partial charge in [-0.05, 0) is 44.3 Å². The minimum atomic E-state index is -0.630. The smallest absolute Gasteiger partial charge is 0.0718 e. The minimum Gasteiger partial charge on any atom is -0.389 e. The van der Waals surface area contributed by atoms with Crippen LogP contribution in [-0.2, 0) is 6.54 Å². The van der Waals surface area contributed by atoms with Gasteiger partial charge in [0, 0.05) is 18.0 Å². The Bertz CT molecular complexity index is 329. The van der Waals surface area contributed by atoms with E-state index in [0.29, 0.717) is 6.54 Å². The lowest BCUT2D eigenvalue weighted by atomic mass is 10.1. The molecule has 1 N–H and O–H groups in total. The fourth-order valence-electron chi connectivity index (χ4n) is 1.82. The molecule has 0 heterocycles. The van der Waals surface area contributed by atoms with Crippen LogP contribution in [0.5, 0.6) is 0 Å². The van der Waals surface area contributed by atoms with Gasteiger partial charge in [0.05, 0.1) is 5.60 Å². The van der Waals surface area contributed by atoms with Gasteiger partial charge in [0.25, 0.3) is 0 Å². The second kappa shape index (κ2) is 6.43. The van der Waals surface area contributed by atoms with Gasteiger partial charge >= 0.3 is 0 Å². The Morgan fingerprint density at radius 2 is 1.82 bits per heavy atom. The monoisotopic (exact) mass is 253 g/mol. The molecule has 1 aromatic rings. The van der Waals surface area contributed by atoms with E-state index in [0.717, 1.165) is 13.1 Å². The van der Waals surface area contributed by atoms with Crippen molar-refractivity contribution >= 4 is 11.8 Å². The largest absolute Gasteiger partial charge is 0.389 e. The van der Waals surface area contributed by atoms with Crippen molar-refractivity contribution in [2.75, 3.05) is 19.3 Å². The van der Waals surface area contributed by atoms with E-state index in [-0.39, 0.29) is 0 Å². The van der Waals surface area contributed by atoms with Gasteiger partial charge in [-0.15, -0.1) is 11.8 Å². The van der Waals surface area contributed by atoms with Crippen LogP contribution in [0.3, 0.4) is 0 Å². The van der Waals surface area contributed by atoms with Gasteiger partial charge in [0.1, 0.15) is 0 Å². The Hall–Kier alpha value is -0.510. The molecule has 0 aliphatic rings. The fourth-order valence-corrected chi connectivity index (χ4v) is 2.22. The summed E-state index contributed by atoms with van der Waals surface area (Å²) in [4.78, 5) is 3.55. The van der Waals surface area contributed by atoms with Crippen molar-refractivity contribution in [3.05, 3.63) is 29.8 Å². The van der Waals surface area contributed by atoms with Crippen LogP contribution in [0.25, 0.3) is 0 Å². The standard InChI is InChI=1S/C14H23NOS/c1-5-15(11-14(2,3)16)10-12-6-8-13(17-4)9-7-12/h6-9,16H,5,10-11H2,1-4H3. The SMILES string of the molecule is CCN(Cc1ccc(SC)cc1)CC(C)(C)O. The molecule has 0 aliphatic heterocycles. The Kier molecular flexibility index (Phi) is 5.50. The highest BCUT2D eigenvalue weighted by molar-refractivity contribution is 7.98. The van der Waals surface area contributed by atoms with Gasteiger partial charge in [-0.3, -0.25) is 4.90 Å². The van der Waals surface area contributed by atoms with Crippen molar-refractivity contribution in [1.82, 2.24) is 4.90 Å². The first-order valence-corrected chi connectivity index (χ1v) is 7.24. The highest BCUT2D eigenvalue weighted by Gasteiger charge is 2.17. The molecule has 0 fully saturated rings. The maximum Gasteiger partial charge on any atom is 0.0718 e. The van der Waals surface area contributed by atoms with Gasteiger partial charge in [0.15, 0.2) is 0 Å². The molecule has 17 heavy (non-hydrogen) atoms. The molecule has 1 aromatic carbocycles. The quantitative estimate of drug-likeness (QED) is 0.788. The van der Waals surface area contributed by atoms with Gasteiger partial charge in [-0.1, -0.05) is 19.1 Å². The molecular formula is C14H23NOS. The molecule has 0 bridgehead atoms. The van der Waals surface area contributed by atoms with Crippen molar-refractivity contribution in [2.24, 2.45) is 0 Å². The molecule has 2 nitrogen and oxygen atoms in total. The summed E-state index contributed by atoms with van der Waals surface area (Å²) >= 11 is 1.76. The van der Waals surface area contributed by atoms with E-state index in [9.17, 15) is 5.11 Å². The lowest BCUT2D eigenvalue weighted by Crippen LogP contribution is -2.38. The molecule has 0 spiro atoms. The number of aliphatic hydroxyl groups is 1. The van der Waals surface area contributed by atoms with Gasteiger partial charge in [-0.2, -0.15) is 0 Å². The van der Waals surface area contributed by atoms with Crippen LogP contribution in [-0.4, -0.2) is 35.0 Å². The molecule has 0 amide bonds. The van der Waals surface area contributed by atoms with Crippen LogP contribution in [0.15, 0.2) is 29.2 Å². The molecule has 3 heteroatoms. The third-order valence-corrected chi connectivity index (χ3v) is 3.37. The first-order valence-electron chi connectivity index (χ1n) is 6.02. The van der Waals surface area contributed by atoms with E-state index < -0.39 is 5.60 Å². The Balaban J connectivity index is 2.61. The molecule has 0 radical (unpaired) electrons. The van der Waals surface area contributed by atoms with Gasteiger partial charge in [0.2, 0.25) is 0 Å². The van der Waals surface area contributed by atoms with Crippen LogP contribution in [0.4, 0.5) is 0 Å². The Morgan fingerprint density at radius 1 is 1.24 bits per heavy atom. The van der Waals surface area contributed by atoms with Crippen molar-refractivity contribution in [3.63, 3.8) is 0 Å². The lowest BCUT2D eigenvalue weighted by molar-refractivity contribution is 0.0353. The number of thioether (sulfide) groups is 1. The fraction of sp³-hybridized carbons (Fsp3) is 0.571. The van der Waals surface area contributed by atoms with E-state index in [2.05, 4.69) is 42.3 Å². The maximum atomic E-state index is 9.83. The van der Waals surface area contributed by atoms with Crippen molar-refractivity contribution < 1.29 is 5.11 Å². The zero-order valence-corrected chi connectivity index (χ0v) is 12.0. The molecule has 0 atom stereocenters. The summed E-state index contributed by atoms with van der Waals surface area (Å²) in [5.41, 5.74) is 0.670. The van der Waals surface area contributed by atoms with Gasteiger partial charge < -0.3 is 5.11 Å². The minimum absolute atomic E-state index is 0.630. The van der Waals surface area contributed by atoms with Crippen LogP contribution in [0, 0.1) is 0 Å². The third kappa shape index (κ3) is 5.57. The summed E-state index contributed by atoms with van der Waals surface area (Å²) in [6, 6.07) is 8.63. The van der Waals surface area contributed by atoms with E-state index in [1.165, 1.54) is 10.5 Å². The van der Waals surface area contributed by atoms with Crippen LogP contribution < -0.4 is 0 Å². The molecular weight excluding hydrogens is 230 g/mol. The molecule has 0 saturated heterocycles. The summed E-state index contributed by atoms with van der Waals surface area (Å²) in [6.45, 7) is 8.39. The van der Waals surface area contributed by atoms with E-state index in [1.807, 2.05) is 13.8 Å². The normalized spacial score (nSPS) is 12.1. The molecule has 0 aliphatic carbocycles. The number of hydrogen-bond acceptors (Lipinski definition) is 3. The zero-order valence-electron chi connectivity index (χ0n) is 11.2. The maximum absolute atomic E-state index is 9.83. The molecule has 0 aromatic heterocycles. The number of rotatable bonds is 6. The van der Waals surface area contributed by atoms with Gasteiger partial charge in [-0.25, -0.2) is 0 Å². The second-order valence-electron chi connectivity index (χ2n) is 4.96. The number of hydrogen-bond donors (Lipinski definition) is 1. The van der Waals surface area contributed by atoms with E-state index in [1.54, 1.807) is 11.8 Å². The molecule has 96 valence electrons. The van der Waals surface area contributed by atoms with Crippen LogP contribution >= 0.6 is 11.8 Å². The van der Waals surface area contributed by atoms with Crippen LogP contribution in [0.2, 0.25) is 0 Å². The lowest BCUT2D eigenvalue weighted by Gasteiger charge is -2.28. The second-order valence-corrected chi connectivity index (χ2v) is 5.84. The molecule has 1 rings (SSSR count).